The second kappa shape index (κ2) is 5.70. The molecule has 0 aliphatic carbocycles. The van der Waals surface area contributed by atoms with Gasteiger partial charge in [0.1, 0.15) is 12.2 Å². The second-order valence-corrected chi connectivity index (χ2v) is 6.41. The molecule has 116 valence electrons. The van der Waals surface area contributed by atoms with Crippen molar-refractivity contribution in [3.63, 3.8) is 0 Å². The maximum atomic E-state index is 10.2. The first-order chi connectivity index (χ1) is 9.69. The highest BCUT2D eigenvalue weighted by atomic mass is 16.7. The third-order valence-corrected chi connectivity index (χ3v) is 4.37. The first-order valence-corrected chi connectivity index (χ1v) is 7.11. The zero-order valence-corrected chi connectivity index (χ0v) is 12.9. The first-order valence-electron chi connectivity index (χ1n) is 7.11. The van der Waals surface area contributed by atoms with E-state index in [0.29, 0.717) is 11.0 Å². The Bertz CT molecular complexity index is 487. The van der Waals surface area contributed by atoms with Crippen molar-refractivity contribution in [1.82, 2.24) is 0 Å². The first kappa shape index (κ1) is 16.5. The third-order valence-electron chi connectivity index (χ3n) is 4.37. The molecule has 1 aliphatic rings. The monoisotopic (exact) mass is 294 g/mol. The van der Waals surface area contributed by atoms with Gasteiger partial charge < -0.3 is 24.6 Å². The summed E-state index contributed by atoms with van der Waals surface area (Å²) in [7, 11) is -0.619. The Labute approximate surface area is 125 Å². The molecule has 1 heterocycles. The number of hydrogen-bond donors (Lipinski definition) is 3. The van der Waals surface area contributed by atoms with E-state index < -0.39 is 37.1 Å². The molecule has 1 aliphatic heterocycles. The zero-order valence-electron chi connectivity index (χ0n) is 12.9. The van der Waals surface area contributed by atoms with E-state index in [4.69, 9.17) is 14.4 Å². The van der Waals surface area contributed by atoms with Gasteiger partial charge in [0.2, 0.25) is 0 Å². The fourth-order valence-electron chi connectivity index (χ4n) is 2.27. The molecule has 0 radical (unpaired) electrons. The maximum Gasteiger partial charge on any atom is 0.495 e. The second-order valence-electron chi connectivity index (χ2n) is 6.41. The maximum absolute atomic E-state index is 10.2. The zero-order chi connectivity index (χ0) is 15.8. The Morgan fingerprint density at radius 2 is 1.57 bits per heavy atom. The van der Waals surface area contributed by atoms with E-state index in [1.165, 1.54) is 0 Å². The van der Waals surface area contributed by atoms with Crippen LogP contribution in [0.4, 0.5) is 0 Å². The lowest BCUT2D eigenvalue weighted by atomic mass is 9.74. The molecule has 21 heavy (non-hydrogen) atoms. The summed E-state index contributed by atoms with van der Waals surface area (Å²) in [5, 5.41) is 28.9. The van der Waals surface area contributed by atoms with Crippen molar-refractivity contribution in [3.8, 4) is 0 Å². The molecule has 2 rings (SSSR count). The number of rotatable bonds is 4. The lowest BCUT2D eigenvalue weighted by Gasteiger charge is -2.32. The van der Waals surface area contributed by atoms with Crippen LogP contribution >= 0.6 is 0 Å². The Kier molecular flexibility index (Phi) is 4.47. The molecule has 2 unspecified atom stereocenters. The highest BCUT2D eigenvalue weighted by molar-refractivity contribution is 6.62. The van der Waals surface area contributed by atoms with Gasteiger partial charge >= 0.3 is 7.12 Å². The van der Waals surface area contributed by atoms with Crippen LogP contribution in [0.2, 0.25) is 0 Å². The molecule has 0 saturated carbocycles. The summed E-state index contributed by atoms with van der Waals surface area (Å²) in [6, 6.07) is 7.08. The van der Waals surface area contributed by atoms with Crippen LogP contribution in [0.3, 0.4) is 0 Å². The summed E-state index contributed by atoms with van der Waals surface area (Å²) in [6.07, 6.45) is -2.43. The van der Waals surface area contributed by atoms with Crippen molar-refractivity contribution in [2.75, 3.05) is 6.61 Å². The van der Waals surface area contributed by atoms with Gasteiger partial charge in [-0.3, -0.25) is 0 Å². The number of benzene rings is 1. The largest absolute Gasteiger partial charge is 0.495 e. The van der Waals surface area contributed by atoms with Gasteiger partial charge in [-0.15, -0.1) is 0 Å². The minimum Gasteiger partial charge on any atom is -0.399 e. The van der Waals surface area contributed by atoms with Gasteiger partial charge in [-0.05, 0) is 38.7 Å². The Morgan fingerprint density at radius 3 is 2.10 bits per heavy atom. The lowest BCUT2D eigenvalue weighted by Crippen LogP contribution is -2.41. The van der Waals surface area contributed by atoms with E-state index in [-0.39, 0.29) is 0 Å². The fraction of sp³-hybridized carbons (Fsp3) is 0.600. The van der Waals surface area contributed by atoms with Gasteiger partial charge in [-0.1, -0.05) is 24.3 Å². The molecular weight excluding hydrogens is 271 g/mol. The molecule has 6 heteroatoms. The van der Waals surface area contributed by atoms with Crippen LogP contribution in [0.15, 0.2) is 24.3 Å². The van der Waals surface area contributed by atoms with Crippen LogP contribution < -0.4 is 5.46 Å². The molecule has 1 saturated heterocycles. The molecule has 0 spiro atoms. The fourth-order valence-corrected chi connectivity index (χ4v) is 2.27. The highest BCUT2D eigenvalue weighted by Crippen LogP contribution is 2.37. The molecule has 1 fully saturated rings. The van der Waals surface area contributed by atoms with Gasteiger partial charge in [-0.2, -0.15) is 0 Å². The van der Waals surface area contributed by atoms with Crippen molar-refractivity contribution in [2.45, 2.75) is 51.1 Å². The normalized spacial score (nSPS) is 23.1. The van der Waals surface area contributed by atoms with Crippen LogP contribution in [0.5, 0.6) is 0 Å². The van der Waals surface area contributed by atoms with E-state index in [1.807, 2.05) is 33.8 Å². The highest BCUT2D eigenvalue weighted by Gasteiger charge is 2.52. The Hall–Kier alpha value is -0.915. The molecule has 0 aromatic heterocycles. The smallest absolute Gasteiger partial charge is 0.399 e. The van der Waals surface area contributed by atoms with Crippen molar-refractivity contribution >= 4 is 12.6 Å². The van der Waals surface area contributed by atoms with Crippen LogP contribution in [0.25, 0.3) is 0 Å². The minimum atomic E-state index is -1.24. The summed E-state index contributed by atoms with van der Waals surface area (Å²) in [6.45, 7) is 7.30. The van der Waals surface area contributed by atoms with Crippen molar-refractivity contribution in [3.05, 3.63) is 29.8 Å². The summed E-state index contributed by atoms with van der Waals surface area (Å²) in [4.78, 5) is 0. The van der Waals surface area contributed by atoms with E-state index in [1.54, 1.807) is 18.2 Å². The van der Waals surface area contributed by atoms with Crippen LogP contribution in [-0.2, 0) is 9.31 Å². The molecule has 2 atom stereocenters. The molecule has 1 aromatic rings. The average Bonchev–Trinajstić information content (AvgIpc) is 2.65. The average molecular weight is 294 g/mol. The Morgan fingerprint density at radius 1 is 1.05 bits per heavy atom. The molecular formula is C15H23BO5. The topological polar surface area (TPSA) is 79.2 Å². The van der Waals surface area contributed by atoms with Gasteiger partial charge in [0.25, 0.3) is 0 Å². The number of aliphatic hydroxyl groups excluding tert-OH is 3. The van der Waals surface area contributed by atoms with Gasteiger partial charge in [-0.25, -0.2) is 0 Å². The number of hydrogen-bond acceptors (Lipinski definition) is 5. The molecule has 3 N–H and O–H groups in total. The number of aliphatic hydroxyl groups is 3. The quantitative estimate of drug-likeness (QED) is 0.699. The Balaban J connectivity index is 2.34. The van der Waals surface area contributed by atoms with Crippen molar-refractivity contribution in [1.29, 1.82) is 0 Å². The molecule has 1 aromatic carbocycles. The summed E-state index contributed by atoms with van der Waals surface area (Å²) >= 11 is 0. The summed E-state index contributed by atoms with van der Waals surface area (Å²) in [5.41, 5.74) is 0.199. The molecule has 0 amide bonds. The van der Waals surface area contributed by atoms with Crippen molar-refractivity contribution < 1.29 is 24.6 Å². The van der Waals surface area contributed by atoms with Crippen molar-refractivity contribution in [2.24, 2.45) is 0 Å². The molecule has 5 nitrogen and oxygen atoms in total. The predicted octanol–water partition coefficient (Wildman–Crippen LogP) is 0.372. The van der Waals surface area contributed by atoms with Gasteiger partial charge in [0, 0.05) is 0 Å². The van der Waals surface area contributed by atoms with Crippen LogP contribution in [0.1, 0.15) is 39.4 Å². The summed E-state index contributed by atoms with van der Waals surface area (Å²) < 4.78 is 12.0. The van der Waals surface area contributed by atoms with E-state index >= 15 is 0 Å². The van der Waals surface area contributed by atoms with E-state index in [2.05, 4.69) is 0 Å². The van der Waals surface area contributed by atoms with E-state index in [0.717, 1.165) is 0 Å². The van der Waals surface area contributed by atoms with Crippen LogP contribution in [0, 0.1) is 0 Å². The van der Waals surface area contributed by atoms with Crippen LogP contribution in [-0.4, -0.2) is 46.4 Å². The van der Waals surface area contributed by atoms with Gasteiger partial charge in [0.05, 0.1) is 17.8 Å². The lowest BCUT2D eigenvalue weighted by molar-refractivity contribution is -0.0149. The third kappa shape index (κ3) is 3.00. The standard InChI is InChI=1S/C15H23BO5/c1-14(2)15(3,4)21-16(20-14)11-8-6-5-7-10(11)13(19)12(18)9-17/h5-8,12-13,17-19H,9H2,1-4H3. The SMILES string of the molecule is CC1(C)OB(c2ccccc2C(O)C(O)CO)OC1(C)C. The predicted molar refractivity (Wildman–Crippen MR) is 80.2 cm³/mol. The summed E-state index contributed by atoms with van der Waals surface area (Å²) in [5.74, 6) is 0. The molecule has 0 bridgehead atoms. The van der Waals surface area contributed by atoms with Gasteiger partial charge in [0.15, 0.2) is 0 Å². The van der Waals surface area contributed by atoms with E-state index in [9.17, 15) is 10.2 Å². The minimum absolute atomic E-state index is 0.481.